The minimum Gasteiger partial charge on any atom is -0.493 e. The van der Waals surface area contributed by atoms with Gasteiger partial charge in [0.05, 0.1) is 19.8 Å². The molecule has 2 heterocycles. The summed E-state index contributed by atoms with van der Waals surface area (Å²) in [6.45, 7) is 2.21. The van der Waals surface area contributed by atoms with E-state index in [2.05, 4.69) is 18.2 Å². The monoisotopic (exact) mass is 263 g/mol. The Morgan fingerprint density at radius 3 is 2.89 bits per heavy atom. The predicted octanol–water partition coefficient (Wildman–Crippen LogP) is 1.64. The van der Waals surface area contributed by atoms with Crippen molar-refractivity contribution in [2.24, 2.45) is 5.73 Å². The summed E-state index contributed by atoms with van der Waals surface area (Å²) in [4.78, 5) is 0. The highest BCUT2D eigenvalue weighted by Crippen LogP contribution is 2.26. The molecule has 0 saturated carbocycles. The van der Waals surface area contributed by atoms with Crippen molar-refractivity contribution in [2.45, 2.75) is 38.0 Å². The molecule has 0 radical (unpaired) electrons. The van der Waals surface area contributed by atoms with E-state index in [1.807, 2.05) is 0 Å². The molecule has 0 aliphatic carbocycles. The van der Waals surface area contributed by atoms with Gasteiger partial charge in [0.1, 0.15) is 5.75 Å². The molecule has 0 amide bonds. The molecule has 1 fully saturated rings. The average Bonchev–Trinajstić information content (AvgIpc) is 3.06. The Balaban J connectivity index is 1.48. The van der Waals surface area contributed by atoms with Gasteiger partial charge >= 0.3 is 0 Å². The number of fused-ring (bicyclic) bond motifs is 1. The van der Waals surface area contributed by atoms with E-state index in [1.165, 1.54) is 11.1 Å². The van der Waals surface area contributed by atoms with E-state index in [4.69, 9.17) is 19.9 Å². The number of benzene rings is 1. The maximum Gasteiger partial charge on any atom is 0.159 e. The van der Waals surface area contributed by atoms with Crippen LogP contribution in [0, 0.1) is 0 Å². The smallest absolute Gasteiger partial charge is 0.159 e. The minimum atomic E-state index is -0.0941. The average molecular weight is 263 g/mol. The lowest BCUT2D eigenvalue weighted by atomic mass is 10.0. The second-order valence-corrected chi connectivity index (χ2v) is 5.25. The molecule has 19 heavy (non-hydrogen) atoms. The molecule has 3 rings (SSSR count). The first-order valence-electron chi connectivity index (χ1n) is 7.04. The molecular formula is C15H21NO3. The molecule has 0 bridgehead atoms. The maximum atomic E-state index is 6.13. The number of nitrogens with two attached hydrogens (primary N) is 1. The Kier molecular flexibility index (Phi) is 4.01. The maximum absolute atomic E-state index is 6.13. The van der Waals surface area contributed by atoms with E-state index >= 15 is 0 Å². The number of hydrogen-bond acceptors (Lipinski definition) is 4. The lowest BCUT2D eigenvalue weighted by Gasteiger charge is -2.15. The van der Waals surface area contributed by atoms with Crippen molar-refractivity contribution < 1.29 is 14.2 Å². The molecule has 0 spiro atoms. The zero-order chi connectivity index (χ0) is 13.1. The van der Waals surface area contributed by atoms with Crippen molar-refractivity contribution in [2.75, 3.05) is 19.8 Å². The molecule has 2 N–H and O–H groups in total. The van der Waals surface area contributed by atoms with Gasteiger partial charge in [-0.1, -0.05) is 12.1 Å². The fourth-order valence-electron chi connectivity index (χ4n) is 2.66. The normalized spacial score (nSPS) is 20.3. The van der Waals surface area contributed by atoms with Crippen LogP contribution in [0.5, 0.6) is 5.75 Å². The molecule has 1 atom stereocenters. The molecule has 4 nitrogen and oxygen atoms in total. The first kappa shape index (κ1) is 12.9. The van der Waals surface area contributed by atoms with Gasteiger partial charge < -0.3 is 19.9 Å². The Morgan fingerprint density at radius 1 is 1.21 bits per heavy atom. The van der Waals surface area contributed by atoms with E-state index in [9.17, 15) is 0 Å². The molecule has 0 aromatic heterocycles. The van der Waals surface area contributed by atoms with Gasteiger partial charge in [0.25, 0.3) is 0 Å². The molecule has 2 aliphatic heterocycles. The van der Waals surface area contributed by atoms with Crippen LogP contribution in [0.1, 0.15) is 24.0 Å². The van der Waals surface area contributed by atoms with Gasteiger partial charge in [-0.25, -0.2) is 0 Å². The first-order chi connectivity index (χ1) is 9.31. The van der Waals surface area contributed by atoms with Crippen LogP contribution in [0.3, 0.4) is 0 Å². The highest BCUT2D eigenvalue weighted by molar-refractivity contribution is 5.39. The van der Waals surface area contributed by atoms with Crippen molar-refractivity contribution in [1.29, 1.82) is 0 Å². The molecule has 2 aliphatic rings. The van der Waals surface area contributed by atoms with E-state index in [0.29, 0.717) is 13.2 Å². The van der Waals surface area contributed by atoms with E-state index in [-0.39, 0.29) is 12.3 Å². The van der Waals surface area contributed by atoms with E-state index in [0.717, 1.165) is 38.0 Å². The lowest BCUT2D eigenvalue weighted by molar-refractivity contribution is -0.0508. The fourth-order valence-corrected chi connectivity index (χ4v) is 2.66. The Bertz CT molecular complexity index is 429. The second kappa shape index (κ2) is 5.90. The van der Waals surface area contributed by atoms with Crippen LogP contribution in [-0.2, 0) is 22.3 Å². The molecule has 1 unspecified atom stereocenters. The van der Waals surface area contributed by atoms with Gasteiger partial charge in [0.15, 0.2) is 6.29 Å². The molecule has 104 valence electrons. The van der Waals surface area contributed by atoms with Crippen LogP contribution < -0.4 is 10.5 Å². The quantitative estimate of drug-likeness (QED) is 0.877. The minimum absolute atomic E-state index is 0.0941. The molecule has 1 saturated heterocycles. The fraction of sp³-hybridized carbons (Fsp3) is 0.600. The highest BCUT2D eigenvalue weighted by atomic mass is 16.7. The Hall–Kier alpha value is -1.10. The lowest BCUT2D eigenvalue weighted by Crippen LogP contribution is -2.27. The molecule has 1 aromatic carbocycles. The number of aryl methyl sites for hydroxylation is 1. The van der Waals surface area contributed by atoms with Gasteiger partial charge in [0.2, 0.25) is 0 Å². The van der Waals surface area contributed by atoms with Crippen molar-refractivity contribution in [3.05, 3.63) is 29.3 Å². The number of hydrogen-bond donors (Lipinski definition) is 1. The Labute approximate surface area is 113 Å². The number of rotatable bonds is 5. The standard InChI is InChI=1S/C15H21NO3/c16-13(10-15-18-7-8-19-15)3-1-11-2-4-14-12(9-11)5-6-17-14/h2,4,9,13,15H,1,3,5-8,10,16H2. The SMILES string of the molecule is NC(CCc1ccc2c(c1)CCO2)CC1OCCO1. The molecular weight excluding hydrogens is 242 g/mol. The summed E-state index contributed by atoms with van der Waals surface area (Å²) in [5.41, 5.74) is 8.80. The van der Waals surface area contributed by atoms with Crippen LogP contribution in [0.4, 0.5) is 0 Å². The van der Waals surface area contributed by atoms with Crippen molar-refractivity contribution in [1.82, 2.24) is 0 Å². The number of ether oxygens (including phenoxy) is 3. The predicted molar refractivity (Wildman–Crippen MR) is 72.2 cm³/mol. The summed E-state index contributed by atoms with van der Waals surface area (Å²) in [5, 5.41) is 0. The summed E-state index contributed by atoms with van der Waals surface area (Å²) in [7, 11) is 0. The van der Waals surface area contributed by atoms with Gasteiger partial charge in [-0.2, -0.15) is 0 Å². The zero-order valence-corrected chi connectivity index (χ0v) is 11.1. The van der Waals surface area contributed by atoms with E-state index < -0.39 is 0 Å². The van der Waals surface area contributed by atoms with Crippen LogP contribution >= 0.6 is 0 Å². The summed E-state index contributed by atoms with van der Waals surface area (Å²) < 4.78 is 16.3. The summed E-state index contributed by atoms with van der Waals surface area (Å²) >= 11 is 0. The van der Waals surface area contributed by atoms with Crippen molar-refractivity contribution in [3.8, 4) is 5.75 Å². The van der Waals surface area contributed by atoms with Crippen molar-refractivity contribution in [3.63, 3.8) is 0 Å². The van der Waals surface area contributed by atoms with Gasteiger partial charge in [0, 0.05) is 18.9 Å². The third-order valence-corrected chi connectivity index (χ3v) is 3.74. The topological polar surface area (TPSA) is 53.7 Å². The summed E-state index contributed by atoms with van der Waals surface area (Å²) in [6.07, 6.45) is 3.68. The Morgan fingerprint density at radius 2 is 2.05 bits per heavy atom. The van der Waals surface area contributed by atoms with Crippen molar-refractivity contribution >= 4 is 0 Å². The highest BCUT2D eigenvalue weighted by Gasteiger charge is 2.19. The molecule has 1 aromatic rings. The summed E-state index contributed by atoms with van der Waals surface area (Å²) in [5.74, 6) is 1.04. The van der Waals surface area contributed by atoms with Gasteiger partial charge in [-0.3, -0.25) is 0 Å². The summed E-state index contributed by atoms with van der Waals surface area (Å²) in [6, 6.07) is 6.59. The van der Waals surface area contributed by atoms with E-state index in [1.54, 1.807) is 0 Å². The van der Waals surface area contributed by atoms with Crippen LogP contribution in [0.25, 0.3) is 0 Å². The first-order valence-corrected chi connectivity index (χ1v) is 7.04. The van der Waals surface area contributed by atoms with Gasteiger partial charge in [-0.05, 0) is 30.0 Å². The van der Waals surface area contributed by atoms with Crippen LogP contribution in [-0.4, -0.2) is 32.2 Å². The third-order valence-electron chi connectivity index (χ3n) is 3.74. The third kappa shape index (κ3) is 3.26. The van der Waals surface area contributed by atoms with Gasteiger partial charge in [-0.15, -0.1) is 0 Å². The van der Waals surface area contributed by atoms with Crippen LogP contribution in [0.15, 0.2) is 18.2 Å². The zero-order valence-electron chi connectivity index (χ0n) is 11.1. The van der Waals surface area contributed by atoms with Crippen LogP contribution in [0.2, 0.25) is 0 Å². The largest absolute Gasteiger partial charge is 0.493 e. The second-order valence-electron chi connectivity index (χ2n) is 5.25. The molecule has 4 heteroatoms.